The highest BCUT2D eigenvalue weighted by atomic mass is 33.1. The van der Waals surface area contributed by atoms with Crippen molar-refractivity contribution in [3.05, 3.63) is 48.0 Å². The average molecular weight is 343 g/mol. The molecule has 0 aliphatic rings. The number of fused-ring (bicyclic) bond motifs is 1. The molecular formula is C14H8F3NS3. The fraction of sp³-hybridized carbons (Fsp3) is 0.0714. The van der Waals surface area contributed by atoms with Crippen molar-refractivity contribution in [1.82, 2.24) is 4.98 Å². The highest BCUT2D eigenvalue weighted by Gasteiger charge is 2.30. The van der Waals surface area contributed by atoms with Gasteiger partial charge >= 0.3 is 6.18 Å². The Hall–Kier alpha value is -1.18. The molecule has 0 fully saturated rings. The van der Waals surface area contributed by atoms with E-state index in [0.717, 1.165) is 27.3 Å². The number of nitrogens with zero attached hydrogens (tertiary/aromatic N) is 1. The molecule has 0 aliphatic carbocycles. The second kappa shape index (κ2) is 5.55. The first-order chi connectivity index (χ1) is 9.99. The van der Waals surface area contributed by atoms with Crippen LogP contribution in [0.15, 0.2) is 47.4 Å². The van der Waals surface area contributed by atoms with Gasteiger partial charge < -0.3 is 0 Å². The van der Waals surface area contributed by atoms with Crippen molar-refractivity contribution in [2.45, 2.75) is 11.1 Å². The van der Waals surface area contributed by atoms with Gasteiger partial charge in [-0.1, -0.05) is 29.0 Å². The lowest BCUT2D eigenvalue weighted by molar-refractivity contribution is -0.137. The number of hydrogen-bond donors (Lipinski definition) is 1. The second-order valence-corrected chi connectivity index (χ2v) is 6.49. The van der Waals surface area contributed by atoms with Crippen molar-refractivity contribution in [1.29, 1.82) is 0 Å². The summed E-state index contributed by atoms with van der Waals surface area (Å²) in [6.45, 7) is 0. The van der Waals surface area contributed by atoms with E-state index < -0.39 is 11.7 Å². The summed E-state index contributed by atoms with van der Waals surface area (Å²) in [5.41, 5.74) is 0.569. The smallest absolute Gasteiger partial charge is 0.236 e. The number of benzene rings is 2. The minimum atomic E-state index is -4.35. The zero-order valence-corrected chi connectivity index (χ0v) is 12.9. The van der Waals surface area contributed by atoms with Gasteiger partial charge in [-0.25, -0.2) is 4.98 Å². The first kappa shape index (κ1) is 14.7. The lowest BCUT2D eigenvalue weighted by Crippen LogP contribution is -2.03. The maximum Gasteiger partial charge on any atom is 0.416 e. The summed E-state index contributed by atoms with van der Waals surface area (Å²) >= 11 is 5.57. The van der Waals surface area contributed by atoms with Gasteiger partial charge in [-0.3, -0.25) is 0 Å². The van der Waals surface area contributed by atoms with Crippen LogP contribution >= 0.6 is 33.8 Å². The van der Waals surface area contributed by atoms with Crippen molar-refractivity contribution in [2.24, 2.45) is 0 Å². The van der Waals surface area contributed by atoms with E-state index in [1.54, 1.807) is 0 Å². The minimum Gasteiger partial charge on any atom is -0.236 e. The topological polar surface area (TPSA) is 12.9 Å². The van der Waals surface area contributed by atoms with Crippen molar-refractivity contribution < 1.29 is 13.2 Å². The third kappa shape index (κ3) is 2.90. The Kier molecular flexibility index (Phi) is 3.90. The Morgan fingerprint density at radius 1 is 1.10 bits per heavy atom. The van der Waals surface area contributed by atoms with E-state index in [1.165, 1.54) is 28.2 Å². The van der Waals surface area contributed by atoms with Crippen LogP contribution < -0.4 is 0 Å². The van der Waals surface area contributed by atoms with E-state index in [2.05, 4.69) is 16.6 Å². The summed E-state index contributed by atoms with van der Waals surface area (Å²) in [5, 5.41) is 0.696. The fourth-order valence-electron chi connectivity index (χ4n) is 1.94. The molecular weight excluding hydrogens is 335 g/mol. The molecule has 0 saturated heterocycles. The van der Waals surface area contributed by atoms with Gasteiger partial charge in [-0.05, 0) is 24.3 Å². The largest absolute Gasteiger partial charge is 0.416 e. The number of halogens is 3. The Morgan fingerprint density at radius 3 is 2.57 bits per heavy atom. The van der Waals surface area contributed by atoms with Crippen LogP contribution in [0.1, 0.15) is 5.56 Å². The van der Waals surface area contributed by atoms with Gasteiger partial charge in [-0.2, -0.15) is 13.2 Å². The minimum absolute atomic E-state index is 0.365. The van der Waals surface area contributed by atoms with Crippen LogP contribution in [0.5, 0.6) is 0 Å². The molecule has 0 unspecified atom stereocenters. The van der Waals surface area contributed by atoms with Gasteiger partial charge in [0, 0.05) is 10.5 Å². The van der Waals surface area contributed by atoms with Crippen LogP contribution in [-0.2, 0) is 6.18 Å². The molecule has 2 aromatic carbocycles. The molecule has 0 saturated carbocycles. The van der Waals surface area contributed by atoms with Crippen molar-refractivity contribution in [3.8, 4) is 10.6 Å². The van der Waals surface area contributed by atoms with E-state index in [4.69, 9.17) is 0 Å². The maximum absolute atomic E-state index is 12.7. The normalized spacial score (nSPS) is 12.0. The van der Waals surface area contributed by atoms with Gasteiger partial charge in [0.25, 0.3) is 0 Å². The molecule has 0 N–H and O–H groups in total. The number of rotatable bonds is 2. The Labute approximate surface area is 132 Å². The molecule has 3 aromatic rings. The Balaban J connectivity index is 2.13. The Bertz CT molecular complexity index is 796. The molecule has 3 rings (SSSR count). The maximum atomic E-state index is 12.7. The summed E-state index contributed by atoms with van der Waals surface area (Å²) in [4.78, 5) is 5.26. The van der Waals surface area contributed by atoms with E-state index in [0.29, 0.717) is 10.5 Å². The summed E-state index contributed by atoms with van der Waals surface area (Å²) < 4.78 is 38.9. The lowest BCUT2D eigenvalue weighted by Gasteiger charge is -2.04. The quantitative estimate of drug-likeness (QED) is 0.458. The van der Waals surface area contributed by atoms with Gasteiger partial charge in [0.05, 0.1) is 15.8 Å². The second-order valence-electron chi connectivity index (χ2n) is 4.29. The highest BCUT2D eigenvalue weighted by Crippen LogP contribution is 2.38. The molecule has 21 heavy (non-hydrogen) atoms. The van der Waals surface area contributed by atoms with Crippen molar-refractivity contribution in [3.63, 3.8) is 0 Å². The zero-order valence-electron chi connectivity index (χ0n) is 10.4. The van der Waals surface area contributed by atoms with Gasteiger partial charge in [-0.15, -0.1) is 23.0 Å². The van der Waals surface area contributed by atoms with Crippen molar-refractivity contribution in [2.75, 3.05) is 0 Å². The monoisotopic (exact) mass is 343 g/mol. The van der Waals surface area contributed by atoms with E-state index in [9.17, 15) is 13.2 Å². The number of alkyl halides is 3. The highest BCUT2D eigenvalue weighted by molar-refractivity contribution is 8.68. The molecule has 0 radical (unpaired) electrons. The molecule has 0 bridgehead atoms. The van der Waals surface area contributed by atoms with Crippen LogP contribution in [0.25, 0.3) is 20.8 Å². The summed E-state index contributed by atoms with van der Waals surface area (Å²) in [7, 11) is 1.29. The van der Waals surface area contributed by atoms with Crippen LogP contribution in [-0.4, -0.2) is 4.98 Å². The van der Waals surface area contributed by atoms with Crippen LogP contribution in [0.4, 0.5) is 13.2 Å². The SMILES string of the molecule is FC(F)(F)c1ccc2sc(-c3ccccc3SS)nc2c1. The zero-order chi connectivity index (χ0) is 15.0. The molecule has 1 aromatic heterocycles. The number of thiol groups is 1. The van der Waals surface area contributed by atoms with E-state index >= 15 is 0 Å². The molecule has 1 heterocycles. The predicted molar refractivity (Wildman–Crippen MR) is 84.9 cm³/mol. The third-order valence-electron chi connectivity index (χ3n) is 2.93. The standard InChI is InChI=1S/C14H8F3NS3/c15-14(16,17)8-5-6-12-10(7-8)18-13(20-12)9-3-1-2-4-11(9)21-19/h1-7,19H. The summed E-state index contributed by atoms with van der Waals surface area (Å²) in [6, 6.07) is 11.2. The van der Waals surface area contributed by atoms with Gasteiger partial charge in [0.15, 0.2) is 0 Å². The number of thiazole rings is 1. The fourth-order valence-corrected chi connectivity index (χ4v) is 3.87. The van der Waals surface area contributed by atoms with Crippen LogP contribution in [0.3, 0.4) is 0 Å². The number of aromatic nitrogens is 1. The van der Waals surface area contributed by atoms with Crippen LogP contribution in [0, 0.1) is 0 Å². The molecule has 1 nitrogen and oxygen atoms in total. The van der Waals surface area contributed by atoms with E-state index in [-0.39, 0.29) is 0 Å². The molecule has 108 valence electrons. The number of hydrogen-bond acceptors (Lipinski definition) is 4. The molecule has 0 amide bonds. The summed E-state index contributed by atoms with van der Waals surface area (Å²) in [5.74, 6) is 0. The van der Waals surface area contributed by atoms with Gasteiger partial charge in [0.1, 0.15) is 5.01 Å². The Morgan fingerprint density at radius 2 is 1.86 bits per heavy atom. The molecule has 7 heteroatoms. The average Bonchev–Trinajstić information content (AvgIpc) is 2.89. The van der Waals surface area contributed by atoms with E-state index in [1.807, 2.05) is 24.3 Å². The lowest BCUT2D eigenvalue weighted by atomic mass is 10.2. The summed E-state index contributed by atoms with van der Waals surface area (Å²) in [6.07, 6.45) is -4.35. The van der Waals surface area contributed by atoms with Crippen LogP contribution in [0.2, 0.25) is 0 Å². The third-order valence-corrected chi connectivity index (χ3v) is 5.14. The molecule has 0 atom stereocenters. The van der Waals surface area contributed by atoms with Gasteiger partial charge in [0.2, 0.25) is 0 Å². The molecule has 0 spiro atoms. The first-order valence-electron chi connectivity index (χ1n) is 5.87. The predicted octanol–water partition coefficient (Wildman–Crippen LogP) is 5.92. The van der Waals surface area contributed by atoms with Crippen molar-refractivity contribution >= 4 is 44.0 Å². The molecule has 0 aliphatic heterocycles. The first-order valence-corrected chi connectivity index (χ1v) is 8.56.